The van der Waals surface area contributed by atoms with Crippen LogP contribution in [0.25, 0.3) is 10.9 Å². The van der Waals surface area contributed by atoms with Crippen LogP contribution in [0.5, 0.6) is 5.75 Å². The van der Waals surface area contributed by atoms with Gasteiger partial charge in [0.25, 0.3) is 0 Å². The van der Waals surface area contributed by atoms with Crippen LogP contribution >= 0.6 is 0 Å². The van der Waals surface area contributed by atoms with Crippen LogP contribution in [0.1, 0.15) is 26.3 Å². The molecular weight excluding hydrogens is 284 g/mol. The van der Waals surface area contributed by atoms with Gasteiger partial charge in [-0.05, 0) is 51.0 Å². The SMILES string of the molecule is CC(C)(C)OC(=O)N[C@H](CO)Cc1c[nH]c2ccc(O)cc12. The summed E-state index contributed by atoms with van der Waals surface area (Å²) in [7, 11) is 0. The fourth-order valence-corrected chi connectivity index (χ4v) is 2.24. The number of aliphatic hydroxyl groups excluding tert-OH is 1. The lowest BCUT2D eigenvalue weighted by molar-refractivity contribution is 0.0483. The molecule has 0 unspecified atom stereocenters. The summed E-state index contributed by atoms with van der Waals surface area (Å²) in [4.78, 5) is 14.9. The number of aromatic nitrogens is 1. The lowest BCUT2D eigenvalue weighted by atomic mass is 10.1. The summed E-state index contributed by atoms with van der Waals surface area (Å²) < 4.78 is 5.19. The molecule has 1 heterocycles. The number of rotatable bonds is 4. The fourth-order valence-electron chi connectivity index (χ4n) is 2.24. The summed E-state index contributed by atoms with van der Waals surface area (Å²) in [6.07, 6.45) is 1.68. The molecule has 0 saturated heterocycles. The van der Waals surface area contributed by atoms with Gasteiger partial charge in [-0.15, -0.1) is 0 Å². The van der Waals surface area contributed by atoms with E-state index in [2.05, 4.69) is 10.3 Å². The van der Waals surface area contributed by atoms with Gasteiger partial charge in [0.1, 0.15) is 11.4 Å². The Morgan fingerprint density at radius 3 is 2.77 bits per heavy atom. The zero-order valence-electron chi connectivity index (χ0n) is 13.0. The van der Waals surface area contributed by atoms with E-state index >= 15 is 0 Å². The van der Waals surface area contributed by atoms with Crippen molar-refractivity contribution in [2.75, 3.05) is 6.61 Å². The number of aromatic amines is 1. The Morgan fingerprint density at radius 1 is 1.41 bits per heavy atom. The fraction of sp³-hybridized carbons (Fsp3) is 0.438. The van der Waals surface area contributed by atoms with E-state index < -0.39 is 17.7 Å². The van der Waals surface area contributed by atoms with E-state index in [1.165, 1.54) is 0 Å². The molecule has 4 N–H and O–H groups in total. The molecule has 0 aliphatic carbocycles. The molecule has 1 atom stereocenters. The summed E-state index contributed by atoms with van der Waals surface area (Å²) in [5.41, 5.74) is 1.21. The molecule has 0 aliphatic heterocycles. The molecule has 2 rings (SSSR count). The second-order valence-electron chi connectivity index (χ2n) is 6.27. The van der Waals surface area contributed by atoms with Gasteiger partial charge in [0.15, 0.2) is 0 Å². The number of hydrogen-bond acceptors (Lipinski definition) is 4. The predicted molar refractivity (Wildman–Crippen MR) is 83.9 cm³/mol. The van der Waals surface area contributed by atoms with Crippen LogP contribution in [-0.4, -0.2) is 39.5 Å². The smallest absolute Gasteiger partial charge is 0.407 e. The molecule has 2 aromatic rings. The Hall–Kier alpha value is -2.21. The number of aromatic hydroxyl groups is 1. The van der Waals surface area contributed by atoms with Gasteiger partial charge in [-0.3, -0.25) is 0 Å². The number of nitrogens with one attached hydrogen (secondary N) is 2. The summed E-state index contributed by atoms with van der Waals surface area (Å²) in [6.45, 7) is 5.14. The second-order valence-corrected chi connectivity index (χ2v) is 6.27. The van der Waals surface area contributed by atoms with Crippen LogP contribution < -0.4 is 5.32 Å². The Morgan fingerprint density at radius 2 is 2.14 bits per heavy atom. The van der Waals surface area contributed by atoms with Gasteiger partial charge >= 0.3 is 6.09 Å². The summed E-state index contributed by atoms with van der Waals surface area (Å²) in [5.74, 6) is 0.175. The number of benzene rings is 1. The number of carbonyl (C=O) groups is 1. The number of phenolic OH excluding ortho intramolecular Hbond substituents is 1. The van der Waals surface area contributed by atoms with Gasteiger partial charge in [0, 0.05) is 17.1 Å². The van der Waals surface area contributed by atoms with E-state index in [0.717, 1.165) is 16.5 Å². The molecule has 6 nitrogen and oxygen atoms in total. The van der Waals surface area contributed by atoms with Crippen LogP contribution in [0.2, 0.25) is 0 Å². The number of H-pyrrole nitrogens is 1. The van der Waals surface area contributed by atoms with Crippen LogP contribution in [0.3, 0.4) is 0 Å². The molecule has 0 fully saturated rings. The van der Waals surface area contributed by atoms with E-state index in [4.69, 9.17) is 4.74 Å². The summed E-state index contributed by atoms with van der Waals surface area (Å²) >= 11 is 0. The number of hydrogen-bond donors (Lipinski definition) is 4. The number of amides is 1. The Kier molecular flexibility index (Phi) is 4.61. The number of alkyl carbamates (subject to hydrolysis) is 1. The average molecular weight is 306 g/mol. The molecule has 0 spiro atoms. The van der Waals surface area contributed by atoms with Gasteiger partial charge in [-0.2, -0.15) is 0 Å². The van der Waals surface area contributed by atoms with Gasteiger partial charge in [-0.1, -0.05) is 0 Å². The summed E-state index contributed by atoms with van der Waals surface area (Å²) in [5, 5.41) is 22.6. The van der Waals surface area contributed by atoms with Crippen molar-refractivity contribution < 1.29 is 19.7 Å². The van der Waals surface area contributed by atoms with Crippen molar-refractivity contribution in [2.45, 2.75) is 38.8 Å². The van der Waals surface area contributed by atoms with Gasteiger partial charge in [-0.25, -0.2) is 4.79 Å². The van der Waals surface area contributed by atoms with Crippen molar-refractivity contribution in [3.05, 3.63) is 30.0 Å². The van der Waals surface area contributed by atoms with E-state index in [1.807, 2.05) is 6.20 Å². The highest BCUT2D eigenvalue weighted by molar-refractivity contribution is 5.84. The van der Waals surface area contributed by atoms with Crippen molar-refractivity contribution in [3.8, 4) is 5.75 Å². The first-order valence-corrected chi connectivity index (χ1v) is 7.18. The van der Waals surface area contributed by atoms with Gasteiger partial charge < -0.3 is 25.3 Å². The lowest BCUT2D eigenvalue weighted by Crippen LogP contribution is -2.42. The third-order valence-electron chi connectivity index (χ3n) is 3.16. The number of aliphatic hydroxyl groups is 1. The Balaban J connectivity index is 2.09. The van der Waals surface area contributed by atoms with Crippen molar-refractivity contribution >= 4 is 17.0 Å². The first kappa shape index (κ1) is 16.2. The first-order chi connectivity index (χ1) is 10.3. The number of phenols is 1. The third-order valence-corrected chi connectivity index (χ3v) is 3.16. The zero-order chi connectivity index (χ0) is 16.3. The molecule has 0 bridgehead atoms. The maximum atomic E-state index is 11.8. The maximum absolute atomic E-state index is 11.8. The van der Waals surface area contributed by atoms with E-state index in [0.29, 0.717) is 6.42 Å². The standard InChI is InChI=1S/C16H22N2O4/c1-16(2,3)22-15(21)18-11(9-19)6-10-8-17-14-5-4-12(20)7-13(10)14/h4-5,7-8,11,17,19-20H,6,9H2,1-3H3,(H,18,21)/t11-/m0/s1. The normalized spacial score (nSPS) is 13.1. The molecule has 22 heavy (non-hydrogen) atoms. The van der Waals surface area contributed by atoms with Crippen molar-refractivity contribution in [3.63, 3.8) is 0 Å². The Labute approximate surface area is 129 Å². The van der Waals surface area contributed by atoms with Gasteiger partial charge in [0.05, 0.1) is 12.6 Å². The van der Waals surface area contributed by atoms with Gasteiger partial charge in [0.2, 0.25) is 0 Å². The second kappa shape index (κ2) is 6.27. The number of ether oxygens (including phenoxy) is 1. The molecule has 0 radical (unpaired) electrons. The summed E-state index contributed by atoms with van der Waals surface area (Å²) in [6, 6.07) is 4.58. The zero-order valence-corrected chi connectivity index (χ0v) is 13.0. The molecular formula is C16H22N2O4. The van der Waals surface area contributed by atoms with E-state index in [-0.39, 0.29) is 12.4 Å². The largest absolute Gasteiger partial charge is 0.508 e. The van der Waals surface area contributed by atoms with Crippen LogP contribution in [-0.2, 0) is 11.2 Å². The van der Waals surface area contributed by atoms with Crippen molar-refractivity contribution in [1.29, 1.82) is 0 Å². The minimum Gasteiger partial charge on any atom is -0.508 e. The van der Waals surface area contributed by atoms with Crippen LogP contribution in [0.15, 0.2) is 24.4 Å². The van der Waals surface area contributed by atoms with E-state index in [9.17, 15) is 15.0 Å². The molecule has 1 aromatic carbocycles. The number of carbonyl (C=O) groups excluding carboxylic acids is 1. The maximum Gasteiger partial charge on any atom is 0.407 e. The monoisotopic (exact) mass is 306 g/mol. The highest BCUT2D eigenvalue weighted by Crippen LogP contribution is 2.23. The number of fused-ring (bicyclic) bond motifs is 1. The van der Waals surface area contributed by atoms with Crippen molar-refractivity contribution in [1.82, 2.24) is 10.3 Å². The molecule has 1 amide bonds. The highest BCUT2D eigenvalue weighted by atomic mass is 16.6. The molecule has 6 heteroatoms. The topological polar surface area (TPSA) is 94.6 Å². The van der Waals surface area contributed by atoms with Crippen molar-refractivity contribution in [2.24, 2.45) is 0 Å². The molecule has 120 valence electrons. The average Bonchev–Trinajstić information content (AvgIpc) is 2.78. The van der Waals surface area contributed by atoms with E-state index in [1.54, 1.807) is 39.0 Å². The van der Waals surface area contributed by atoms with Crippen LogP contribution in [0, 0.1) is 0 Å². The lowest BCUT2D eigenvalue weighted by Gasteiger charge is -2.22. The highest BCUT2D eigenvalue weighted by Gasteiger charge is 2.20. The Bertz CT molecular complexity index is 658. The third kappa shape index (κ3) is 4.14. The minimum absolute atomic E-state index is 0.175. The first-order valence-electron chi connectivity index (χ1n) is 7.18. The molecule has 1 aromatic heterocycles. The molecule has 0 saturated carbocycles. The predicted octanol–water partition coefficient (Wildman–Crippen LogP) is 2.30. The quantitative estimate of drug-likeness (QED) is 0.697. The van der Waals surface area contributed by atoms with Crippen LogP contribution in [0.4, 0.5) is 4.79 Å². The molecule has 0 aliphatic rings. The minimum atomic E-state index is -0.587.